The van der Waals surface area contributed by atoms with Crippen molar-refractivity contribution in [1.29, 1.82) is 0 Å². The molecule has 6 heteroatoms. The molecule has 2 aromatic rings. The van der Waals surface area contributed by atoms with Crippen LogP contribution in [0, 0.1) is 0 Å². The van der Waals surface area contributed by atoms with Crippen molar-refractivity contribution < 1.29 is 13.9 Å². The quantitative estimate of drug-likeness (QED) is 0.939. The predicted octanol–water partition coefficient (Wildman–Crippen LogP) is 1.98. The molecule has 2 heterocycles. The average Bonchev–Trinajstić information content (AvgIpc) is 2.90. The minimum Gasteiger partial charge on any atom is -0.491 e. The Morgan fingerprint density at radius 1 is 1.45 bits per heavy atom. The summed E-state index contributed by atoms with van der Waals surface area (Å²) in [6, 6.07) is 7.86. The number of fused-ring (bicyclic) bond motifs is 1. The third-order valence-corrected chi connectivity index (χ3v) is 3.72. The van der Waals surface area contributed by atoms with E-state index in [1.54, 1.807) is 6.20 Å². The largest absolute Gasteiger partial charge is 0.491 e. The molecule has 1 aliphatic heterocycles. The fourth-order valence-electron chi connectivity index (χ4n) is 2.53. The summed E-state index contributed by atoms with van der Waals surface area (Å²) in [7, 11) is 0. The predicted molar refractivity (Wildman–Crippen MR) is 79.7 cm³/mol. The molecule has 1 aromatic carbocycles. The number of para-hydroxylation sites is 1. The Kier molecular flexibility index (Phi) is 4.37. The standard InChI is InChI=1S/C16H18FN3O2/c17-7-8-20-10-13(9-18-20)16(21)19-14-6-5-12-3-1-2-4-15(12)22-11-14/h1-4,9-10,14H,5-8,11H2,(H,19,21). The summed E-state index contributed by atoms with van der Waals surface area (Å²) in [6.45, 7) is 0.105. The van der Waals surface area contributed by atoms with Gasteiger partial charge in [-0.25, -0.2) is 4.39 Å². The van der Waals surface area contributed by atoms with Crippen molar-refractivity contribution >= 4 is 5.91 Å². The van der Waals surface area contributed by atoms with E-state index in [9.17, 15) is 9.18 Å². The maximum atomic E-state index is 12.3. The zero-order chi connectivity index (χ0) is 15.4. The highest BCUT2D eigenvalue weighted by Crippen LogP contribution is 2.23. The van der Waals surface area contributed by atoms with E-state index in [2.05, 4.69) is 10.4 Å². The third-order valence-electron chi connectivity index (χ3n) is 3.72. The van der Waals surface area contributed by atoms with E-state index in [-0.39, 0.29) is 18.5 Å². The van der Waals surface area contributed by atoms with Gasteiger partial charge in [0.05, 0.1) is 24.3 Å². The van der Waals surface area contributed by atoms with Gasteiger partial charge >= 0.3 is 0 Å². The Balaban J connectivity index is 1.60. The first-order valence-electron chi connectivity index (χ1n) is 7.36. The average molecular weight is 303 g/mol. The van der Waals surface area contributed by atoms with E-state index < -0.39 is 6.67 Å². The second kappa shape index (κ2) is 6.60. The Morgan fingerprint density at radius 3 is 3.18 bits per heavy atom. The van der Waals surface area contributed by atoms with Gasteiger partial charge in [-0.05, 0) is 24.5 Å². The van der Waals surface area contributed by atoms with Crippen LogP contribution in [0.25, 0.3) is 0 Å². The summed E-state index contributed by atoms with van der Waals surface area (Å²) < 4.78 is 19.4. The minimum atomic E-state index is -0.503. The molecule has 0 saturated heterocycles. The van der Waals surface area contributed by atoms with E-state index in [1.807, 2.05) is 24.3 Å². The first kappa shape index (κ1) is 14.6. The summed E-state index contributed by atoms with van der Waals surface area (Å²) in [4.78, 5) is 12.2. The first-order valence-corrected chi connectivity index (χ1v) is 7.36. The number of amides is 1. The molecule has 1 aromatic heterocycles. The van der Waals surface area contributed by atoms with Gasteiger partial charge in [-0.2, -0.15) is 5.10 Å². The fraction of sp³-hybridized carbons (Fsp3) is 0.375. The molecular formula is C16H18FN3O2. The highest BCUT2D eigenvalue weighted by Gasteiger charge is 2.20. The lowest BCUT2D eigenvalue weighted by Gasteiger charge is -2.15. The molecule has 1 atom stereocenters. The molecular weight excluding hydrogens is 285 g/mol. The zero-order valence-electron chi connectivity index (χ0n) is 12.2. The van der Waals surface area contributed by atoms with Crippen LogP contribution < -0.4 is 10.1 Å². The molecule has 0 bridgehead atoms. The van der Waals surface area contributed by atoms with Gasteiger partial charge in [0, 0.05) is 6.20 Å². The number of hydrogen-bond donors (Lipinski definition) is 1. The van der Waals surface area contributed by atoms with Crippen molar-refractivity contribution in [3.05, 3.63) is 47.8 Å². The van der Waals surface area contributed by atoms with E-state index in [4.69, 9.17) is 4.74 Å². The lowest BCUT2D eigenvalue weighted by atomic mass is 10.1. The Morgan fingerprint density at radius 2 is 2.32 bits per heavy atom. The van der Waals surface area contributed by atoms with Gasteiger partial charge in [0.1, 0.15) is 19.0 Å². The maximum Gasteiger partial charge on any atom is 0.254 e. The number of alkyl halides is 1. The number of benzene rings is 1. The van der Waals surface area contributed by atoms with Gasteiger partial charge in [0.25, 0.3) is 5.91 Å². The van der Waals surface area contributed by atoms with Crippen molar-refractivity contribution in [2.45, 2.75) is 25.4 Å². The second-order valence-electron chi connectivity index (χ2n) is 5.31. The number of nitrogens with zero attached hydrogens (tertiary/aromatic N) is 2. The van der Waals surface area contributed by atoms with E-state index in [0.717, 1.165) is 24.2 Å². The highest BCUT2D eigenvalue weighted by atomic mass is 19.1. The topological polar surface area (TPSA) is 56.1 Å². The van der Waals surface area contributed by atoms with Crippen molar-refractivity contribution in [1.82, 2.24) is 15.1 Å². The molecule has 1 N–H and O–H groups in total. The maximum absolute atomic E-state index is 12.3. The van der Waals surface area contributed by atoms with Gasteiger partial charge in [0.2, 0.25) is 0 Å². The summed E-state index contributed by atoms with van der Waals surface area (Å²) in [5.74, 6) is 0.680. The number of ether oxygens (including phenoxy) is 1. The van der Waals surface area contributed by atoms with Crippen LogP contribution in [0.2, 0.25) is 0 Å². The van der Waals surface area contributed by atoms with Crippen LogP contribution in [0.15, 0.2) is 36.7 Å². The lowest BCUT2D eigenvalue weighted by molar-refractivity contribution is 0.0921. The monoisotopic (exact) mass is 303 g/mol. The van der Waals surface area contributed by atoms with Crippen LogP contribution in [0.5, 0.6) is 5.75 Å². The summed E-state index contributed by atoms with van der Waals surface area (Å²) in [6.07, 6.45) is 4.70. The summed E-state index contributed by atoms with van der Waals surface area (Å²) >= 11 is 0. The molecule has 3 rings (SSSR count). The van der Waals surface area contributed by atoms with Crippen molar-refractivity contribution in [2.24, 2.45) is 0 Å². The second-order valence-corrected chi connectivity index (χ2v) is 5.31. The Hall–Kier alpha value is -2.37. The Bertz CT molecular complexity index is 629. The molecule has 1 amide bonds. The SMILES string of the molecule is O=C(NC1CCc2ccccc2OC1)c1cnn(CCF)c1. The number of carbonyl (C=O) groups excluding carboxylic acids is 1. The van der Waals surface area contributed by atoms with Gasteiger partial charge in [-0.1, -0.05) is 18.2 Å². The number of halogens is 1. The normalized spacial score (nSPS) is 17.2. The minimum absolute atomic E-state index is 0.0515. The van der Waals surface area contributed by atoms with E-state index in [0.29, 0.717) is 12.2 Å². The van der Waals surface area contributed by atoms with Crippen molar-refractivity contribution in [3.63, 3.8) is 0 Å². The van der Waals surface area contributed by atoms with Gasteiger partial charge in [-0.3, -0.25) is 9.48 Å². The van der Waals surface area contributed by atoms with Gasteiger partial charge < -0.3 is 10.1 Å². The summed E-state index contributed by atoms with van der Waals surface area (Å²) in [5.41, 5.74) is 1.60. The molecule has 5 nitrogen and oxygen atoms in total. The molecule has 0 aliphatic carbocycles. The van der Waals surface area contributed by atoms with E-state index >= 15 is 0 Å². The van der Waals surface area contributed by atoms with Crippen LogP contribution in [0.4, 0.5) is 4.39 Å². The van der Waals surface area contributed by atoms with Crippen LogP contribution >= 0.6 is 0 Å². The van der Waals surface area contributed by atoms with Crippen LogP contribution in [0.1, 0.15) is 22.3 Å². The zero-order valence-corrected chi connectivity index (χ0v) is 12.2. The van der Waals surface area contributed by atoms with E-state index in [1.165, 1.54) is 10.9 Å². The van der Waals surface area contributed by atoms with Gasteiger partial charge in [-0.15, -0.1) is 0 Å². The molecule has 22 heavy (non-hydrogen) atoms. The number of aryl methyl sites for hydroxylation is 2. The smallest absolute Gasteiger partial charge is 0.254 e. The molecule has 0 saturated carbocycles. The number of rotatable bonds is 4. The molecule has 1 aliphatic rings. The lowest BCUT2D eigenvalue weighted by Crippen LogP contribution is -2.38. The number of nitrogens with one attached hydrogen (secondary N) is 1. The van der Waals surface area contributed by atoms with Crippen molar-refractivity contribution in [3.8, 4) is 5.75 Å². The molecule has 0 spiro atoms. The summed E-state index contributed by atoms with van der Waals surface area (Å²) in [5, 5.41) is 6.91. The molecule has 1 unspecified atom stereocenters. The van der Waals surface area contributed by atoms with Crippen molar-refractivity contribution in [2.75, 3.05) is 13.3 Å². The molecule has 0 radical (unpaired) electrons. The highest BCUT2D eigenvalue weighted by molar-refractivity contribution is 5.93. The Labute approximate surface area is 128 Å². The number of aromatic nitrogens is 2. The molecule has 0 fully saturated rings. The van der Waals surface area contributed by atoms with Crippen LogP contribution in [0.3, 0.4) is 0 Å². The van der Waals surface area contributed by atoms with Gasteiger partial charge in [0.15, 0.2) is 0 Å². The van der Waals surface area contributed by atoms with Crippen LogP contribution in [-0.4, -0.2) is 35.0 Å². The molecule has 116 valence electrons. The third kappa shape index (κ3) is 3.27. The fourth-order valence-corrected chi connectivity index (χ4v) is 2.53. The number of carbonyl (C=O) groups is 1. The first-order chi connectivity index (χ1) is 10.8. The van der Waals surface area contributed by atoms with Crippen LogP contribution in [-0.2, 0) is 13.0 Å². The number of hydrogen-bond acceptors (Lipinski definition) is 3.